The van der Waals surface area contributed by atoms with Crippen molar-refractivity contribution in [1.82, 2.24) is 10.5 Å². The van der Waals surface area contributed by atoms with Crippen LogP contribution >= 0.6 is 0 Å². The van der Waals surface area contributed by atoms with Crippen LogP contribution in [0.25, 0.3) is 0 Å². The number of rotatable bonds is 6. The zero-order chi connectivity index (χ0) is 15.4. The van der Waals surface area contributed by atoms with Gasteiger partial charge in [0.15, 0.2) is 11.5 Å². The van der Waals surface area contributed by atoms with Gasteiger partial charge in [-0.3, -0.25) is 4.79 Å². The molecule has 0 aliphatic carbocycles. The summed E-state index contributed by atoms with van der Waals surface area (Å²) in [4.78, 5) is 11.9. The summed E-state index contributed by atoms with van der Waals surface area (Å²) in [5.41, 5.74) is 1.29. The van der Waals surface area contributed by atoms with Crippen LogP contribution in [0.1, 0.15) is 21.8 Å². The van der Waals surface area contributed by atoms with Crippen LogP contribution in [0.5, 0.6) is 0 Å². The van der Waals surface area contributed by atoms with Gasteiger partial charge in [0.1, 0.15) is 24.2 Å². The molecule has 1 aliphatic heterocycles. The summed E-state index contributed by atoms with van der Waals surface area (Å²) in [5.74, 6) is 1.21. The highest BCUT2D eigenvalue weighted by Gasteiger charge is 2.33. The minimum Gasteiger partial charge on any atom is -0.616 e. The first-order chi connectivity index (χ1) is 10.7. The molecular formula is C15H16N2O4S. The summed E-state index contributed by atoms with van der Waals surface area (Å²) in [6, 6.07) is 11.3. The zero-order valence-electron chi connectivity index (χ0n) is 11.9. The van der Waals surface area contributed by atoms with Gasteiger partial charge in [0.25, 0.3) is 5.91 Å². The molecule has 0 unspecified atom stereocenters. The van der Waals surface area contributed by atoms with Crippen molar-refractivity contribution in [1.29, 1.82) is 0 Å². The zero-order valence-corrected chi connectivity index (χ0v) is 12.7. The van der Waals surface area contributed by atoms with E-state index in [1.54, 1.807) is 6.07 Å². The van der Waals surface area contributed by atoms with Crippen LogP contribution in [0.3, 0.4) is 0 Å². The van der Waals surface area contributed by atoms with Crippen molar-refractivity contribution in [2.24, 2.45) is 0 Å². The Morgan fingerprint density at radius 1 is 1.36 bits per heavy atom. The minimum absolute atomic E-state index is 0.0252. The van der Waals surface area contributed by atoms with E-state index < -0.39 is 11.2 Å². The first kappa shape index (κ1) is 15.1. The molecule has 0 atom stereocenters. The Balaban J connectivity index is 1.45. The number of ether oxygens (including phenoxy) is 1. The van der Waals surface area contributed by atoms with Crippen LogP contribution in [-0.2, 0) is 29.1 Å². The van der Waals surface area contributed by atoms with Crippen LogP contribution in [0, 0.1) is 0 Å². The van der Waals surface area contributed by atoms with E-state index >= 15 is 0 Å². The number of nitrogens with zero attached hydrogens (tertiary/aromatic N) is 1. The van der Waals surface area contributed by atoms with Crippen molar-refractivity contribution >= 4 is 17.1 Å². The van der Waals surface area contributed by atoms with Crippen LogP contribution in [-0.4, -0.2) is 33.2 Å². The monoisotopic (exact) mass is 320 g/mol. The Kier molecular flexibility index (Phi) is 4.77. The quantitative estimate of drug-likeness (QED) is 0.809. The first-order valence-corrected chi connectivity index (χ1v) is 8.42. The standard InChI is InChI=1S/C15H16N2O4S/c18-15(16-12-9-22(19)10-12)14-6-13(21-17-14)8-20-7-11-4-2-1-3-5-11/h1-6,12H,7-10H2,(H,16,18). The Morgan fingerprint density at radius 2 is 2.14 bits per heavy atom. The number of benzene rings is 1. The van der Waals surface area contributed by atoms with Gasteiger partial charge in [0.2, 0.25) is 0 Å². The number of hydrogen-bond acceptors (Lipinski definition) is 5. The summed E-state index contributed by atoms with van der Waals surface area (Å²) < 4.78 is 21.6. The van der Waals surface area contributed by atoms with Crippen molar-refractivity contribution < 1.29 is 18.6 Å². The molecule has 1 N–H and O–H groups in total. The lowest BCUT2D eigenvalue weighted by Crippen LogP contribution is -2.53. The number of carbonyl (C=O) groups is 1. The van der Waals surface area contributed by atoms with Gasteiger partial charge >= 0.3 is 0 Å². The van der Waals surface area contributed by atoms with Gasteiger partial charge in [0.05, 0.1) is 6.61 Å². The van der Waals surface area contributed by atoms with E-state index in [4.69, 9.17) is 9.26 Å². The summed E-state index contributed by atoms with van der Waals surface area (Å²) in [5, 5.41) is 6.49. The molecule has 1 saturated heterocycles. The predicted octanol–water partition coefficient (Wildman–Crippen LogP) is 1.25. The highest BCUT2D eigenvalue weighted by Crippen LogP contribution is 2.12. The third-order valence-corrected chi connectivity index (χ3v) is 4.81. The lowest BCUT2D eigenvalue weighted by atomic mass is 10.2. The molecular weight excluding hydrogens is 304 g/mol. The van der Waals surface area contributed by atoms with Crippen molar-refractivity contribution in [3.05, 3.63) is 53.4 Å². The summed E-state index contributed by atoms with van der Waals surface area (Å²) in [7, 11) is 0. The van der Waals surface area contributed by atoms with Crippen LogP contribution in [0.2, 0.25) is 0 Å². The Bertz CT molecular complexity index is 625. The molecule has 7 heteroatoms. The van der Waals surface area contributed by atoms with E-state index in [1.165, 1.54) is 0 Å². The van der Waals surface area contributed by atoms with Crippen molar-refractivity contribution in [3.63, 3.8) is 0 Å². The predicted molar refractivity (Wildman–Crippen MR) is 80.6 cm³/mol. The van der Waals surface area contributed by atoms with Crippen LogP contribution in [0.15, 0.2) is 40.9 Å². The summed E-state index contributed by atoms with van der Waals surface area (Å²) in [6.07, 6.45) is 0. The van der Waals surface area contributed by atoms with Gasteiger partial charge in [-0.05, 0) is 16.7 Å². The van der Waals surface area contributed by atoms with Gasteiger partial charge in [0, 0.05) is 6.07 Å². The maximum atomic E-state index is 11.9. The largest absolute Gasteiger partial charge is 0.616 e. The smallest absolute Gasteiger partial charge is 0.274 e. The minimum atomic E-state index is -0.791. The van der Waals surface area contributed by atoms with Gasteiger partial charge < -0.3 is 19.1 Å². The van der Waals surface area contributed by atoms with E-state index in [0.717, 1.165) is 5.56 Å². The Labute approximate surface area is 131 Å². The van der Waals surface area contributed by atoms with Gasteiger partial charge in [-0.25, -0.2) is 0 Å². The second-order valence-corrected chi connectivity index (χ2v) is 6.65. The average molecular weight is 320 g/mol. The van der Waals surface area contributed by atoms with Gasteiger partial charge in [-0.1, -0.05) is 35.5 Å². The lowest BCUT2D eigenvalue weighted by Gasteiger charge is -2.28. The molecule has 0 radical (unpaired) electrons. The molecule has 1 fully saturated rings. The van der Waals surface area contributed by atoms with Gasteiger partial charge in [-0.2, -0.15) is 0 Å². The van der Waals surface area contributed by atoms with E-state index in [9.17, 15) is 9.35 Å². The first-order valence-electron chi connectivity index (χ1n) is 6.94. The number of aromatic nitrogens is 1. The fourth-order valence-corrected chi connectivity index (χ4v) is 3.04. The maximum Gasteiger partial charge on any atom is 0.274 e. The molecule has 2 heterocycles. The number of hydrogen-bond donors (Lipinski definition) is 1. The van der Waals surface area contributed by atoms with E-state index in [2.05, 4.69) is 10.5 Å². The van der Waals surface area contributed by atoms with E-state index in [0.29, 0.717) is 23.9 Å². The molecule has 3 rings (SSSR count). The van der Waals surface area contributed by atoms with Crippen LogP contribution in [0.4, 0.5) is 0 Å². The van der Waals surface area contributed by atoms with Gasteiger partial charge in [-0.15, -0.1) is 0 Å². The number of amides is 1. The molecule has 0 spiro atoms. The normalized spacial score (nSPS) is 20.4. The molecule has 2 aromatic rings. The fourth-order valence-electron chi connectivity index (χ4n) is 2.07. The molecule has 6 nitrogen and oxygen atoms in total. The molecule has 1 aromatic carbocycles. The molecule has 0 bridgehead atoms. The maximum absolute atomic E-state index is 11.9. The van der Waals surface area contributed by atoms with Crippen molar-refractivity contribution in [3.8, 4) is 0 Å². The average Bonchev–Trinajstić information content (AvgIpc) is 2.96. The molecule has 22 heavy (non-hydrogen) atoms. The molecule has 0 saturated carbocycles. The lowest BCUT2D eigenvalue weighted by molar-refractivity contribution is 0.0876. The SMILES string of the molecule is O=C(NC1C[S+]([O-])C1)c1cc(COCc2ccccc2)on1. The summed E-state index contributed by atoms with van der Waals surface area (Å²) in [6.45, 7) is 0.722. The highest BCUT2D eigenvalue weighted by molar-refractivity contribution is 7.92. The third-order valence-electron chi connectivity index (χ3n) is 3.26. The molecule has 1 aromatic heterocycles. The highest BCUT2D eigenvalue weighted by atomic mass is 32.2. The van der Waals surface area contributed by atoms with Crippen LogP contribution < -0.4 is 5.32 Å². The number of nitrogens with one attached hydrogen (secondary N) is 1. The third kappa shape index (κ3) is 3.88. The second kappa shape index (κ2) is 6.95. The Morgan fingerprint density at radius 3 is 2.86 bits per heavy atom. The van der Waals surface area contributed by atoms with Crippen molar-refractivity contribution in [2.75, 3.05) is 11.5 Å². The molecule has 1 amide bonds. The molecule has 116 valence electrons. The topological polar surface area (TPSA) is 87.4 Å². The second-order valence-electron chi connectivity index (χ2n) is 5.10. The van der Waals surface area contributed by atoms with E-state index in [1.807, 2.05) is 30.3 Å². The van der Waals surface area contributed by atoms with E-state index in [-0.39, 0.29) is 24.2 Å². The fraction of sp³-hybridized carbons (Fsp3) is 0.333. The molecule has 1 aliphatic rings. The van der Waals surface area contributed by atoms with Crippen molar-refractivity contribution in [2.45, 2.75) is 19.3 Å². The Hall–Kier alpha value is -1.83. The summed E-state index contributed by atoms with van der Waals surface area (Å²) >= 11 is -0.791. The number of carbonyl (C=O) groups excluding carboxylic acids is 1.